The van der Waals surface area contributed by atoms with E-state index in [4.69, 9.17) is 9.47 Å². The molecule has 0 saturated heterocycles. The summed E-state index contributed by atoms with van der Waals surface area (Å²) in [5.74, 6) is -2.62. The van der Waals surface area contributed by atoms with Crippen LogP contribution in [0.4, 0.5) is 10.4 Å². The van der Waals surface area contributed by atoms with Crippen molar-refractivity contribution in [3.05, 3.63) is 24.3 Å². The highest BCUT2D eigenvalue weighted by atomic mass is 32.2. The van der Waals surface area contributed by atoms with Crippen LogP contribution < -0.4 is 5.32 Å². The van der Waals surface area contributed by atoms with E-state index in [0.717, 1.165) is 6.07 Å². The number of para-hydroxylation sites is 1. The van der Waals surface area contributed by atoms with Crippen molar-refractivity contribution in [3.63, 3.8) is 0 Å². The zero-order chi connectivity index (χ0) is 19.9. The molecule has 1 aromatic rings. The molecule has 0 aliphatic heterocycles. The van der Waals surface area contributed by atoms with Gasteiger partial charge in [0.05, 0.1) is 11.6 Å². The van der Waals surface area contributed by atoms with Crippen LogP contribution in [0.15, 0.2) is 29.2 Å². The number of nitrogens with one attached hydrogen (secondary N) is 1. The molecule has 0 aliphatic carbocycles. The van der Waals surface area contributed by atoms with Crippen LogP contribution in [0.25, 0.3) is 0 Å². The van der Waals surface area contributed by atoms with Crippen LogP contribution in [0, 0.1) is 5.92 Å². The summed E-state index contributed by atoms with van der Waals surface area (Å²) >= 11 is 0. The molecule has 0 saturated carbocycles. The maximum Gasteiger partial charge on any atom is 0.334 e. The van der Waals surface area contributed by atoms with E-state index >= 15 is 0 Å². The number of Topliss-reactive ketones (excluding diaryl/α,β-unsaturated/α-hetero) is 1. The quantitative estimate of drug-likeness (QED) is 0.453. The number of ketones is 1. The molecular weight excluding hydrogens is 397 g/mol. The second-order valence-electron chi connectivity index (χ2n) is 5.54. The van der Waals surface area contributed by atoms with E-state index in [0.29, 0.717) is 0 Å². The van der Waals surface area contributed by atoms with Gasteiger partial charge in [-0.2, -0.15) is 8.42 Å². The highest BCUT2D eigenvalue weighted by Crippen LogP contribution is 2.21. The Labute approximate surface area is 163 Å². The van der Waals surface area contributed by atoms with Gasteiger partial charge in [-0.25, -0.2) is 4.79 Å². The van der Waals surface area contributed by atoms with Crippen molar-refractivity contribution >= 4 is 33.5 Å². The predicted octanol–water partition coefficient (Wildman–Crippen LogP) is 1.83. The molecule has 1 rings (SSSR count). The van der Waals surface area contributed by atoms with E-state index in [1.54, 1.807) is 0 Å². The molecule has 2 N–H and O–H groups in total. The normalized spacial score (nSPS) is 12.6. The Balaban J connectivity index is 0. The van der Waals surface area contributed by atoms with E-state index in [1.165, 1.54) is 39.2 Å². The molecule has 2 atom stereocenters. The van der Waals surface area contributed by atoms with Crippen molar-refractivity contribution in [1.82, 2.24) is 0 Å². The van der Waals surface area contributed by atoms with Gasteiger partial charge in [0, 0.05) is 13.5 Å². The summed E-state index contributed by atoms with van der Waals surface area (Å²) in [6.45, 7) is 2.41. The number of amides is 1. The molecular formula is C17H26FNO8S. The van der Waals surface area contributed by atoms with Crippen molar-refractivity contribution in [2.75, 3.05) is 19.0 Å². The number of methoxy groups -OCH3 is 1. The minimum Gasteiger partial charge on any atom is -0.463 e. The van der Waals surface area contributed by atoms with Gasteiger partial charge in [-0.15, -0.1) is 0 Å². The van der Waals surface area contributed by atoms with Crippen LogP contribution in [0.2, 0.25) is 0 Å². The second-order valence-corrected chi connectivity index (χ2v) is 6.93. The summed E-state index contributed by atoms with van der Waals surface area (Å²) in [5.41, 5.74) is -0.118. The number of carbonyl (C=O) groups excluding carboxylic acids is 3. The lowest BCUT2D eigenvalue weighted by atomic mass is 10.0. The number of anilines is 1. The Kier molecular flexibility index (Phi) is 12.1. The van der Waals surface area contributed by atoms with E-state index < -0.39 is 38.9 Å². The first-order valence-electron chi connectivity index (χ1n) is 7.62. The fourth-order valence-electron chi connectivity index (χ4n) is 1.94. The molecule has 2 unspecified atom stereocenters. The smallest absolute Gasteiger partial charge is 0.334 e. The summed E-state index contributed by atoms with van der Waals surface area (Å²) in [7, 11) is -3.19. The third-order valence-corrected chi connectivity index (χ3v) is 4.47. The number of carbonyl (C=O) groups is 3. The molecule has 0 fully saturated rings. The van der Waals surface area contributed by atoms with E-state index in [9.17, 15) is 27.4 Å². The van der Waals surface area contributed by atoms with Gasteiger partial charge in [-0.3, -0.25) is 18.8 Å². The van der Waals surface area contributed by atoms with Crippen molar-refractivity contribution in [2.24, 2.45) is 5.92 Å². The minimum absolute atomic E-state index is 0. The highest BCUT2D eigenvalue weighted by molar-refractivity contribution is 7.86. The average molecular weight is 423 g/mol. The zero-order valence-corrected chi connectivity index (χ0v) is 15.8. The van der Waals surface area contributed by atoms with Gasteiger partial charge in [0.25, 0.3) is 10.1 Å². The largest absolute Gasteiger partial charge is 0.463 e. The molecule has 0 bridgehead atoms. The number of esters is 1. The Morgan fingerprint density at radius 1 is 1.21 bits per heavy atom. The third kappa shape index (κ3) is 8.55. The summed E-state index contributed by atoms with van der Waals surface area (Å²) < 4.78 is 41.5. The summed E-state index contributed by atoms with van der Waals surface area (Å²) in [6, 6.07) is 5.28. The molecule has 11 heteroatoms. The first-order chi connectivity index (χ1) is 12.1. The van der Waals surface area contributed by atoms with E-state index in [-0.39, 0.29) is 36.6 Å². The van der Waals surface area contributed by atoms with Crippen molar-refractivity contribution in [3.8, 4) is 0 Å². The lowest BCUT2D eigenvalue weighted by molar-refractivity contribution is -0.156. The number of benzene rings is 1. The minimum atomic E-state index is -4.52. The molecule has 0 heterocycles. The SMILES string of the molecule is C.COC(C)C(=O)OCC(CC(=O)Nc1ccccc1S(=O)(=O)O)C(C)=O.F. The molecule has 0 aliphatic rings. The summed E-state index contributed by atoms with van der Waals surface area (Å²) in [5, 5.41) is 2.33. The van der Waals surface area contributed by atoms with Gasteiger partial charge < -0.3 is 14.8 Å². The Bertz CT molecular complexity index is 781. The number of rotatable bonds is 9. The fourth-order valence-corrected chi connectivity index (χ4v) is 2.58. The standard InChI is InChI=1S/C16H21NO8S.CH4.FH/c1-10(18)12(9-25-16(20)11(2)24-3)8-15(19)17-13-6-4-5-7-14(13)26(21,22)23;;/h4-7,11-12H,8-9H2,1-3H3,(H,17,19)(H,21,22,23);1H4;1H. The Morgan fingerprint density at radius 2 is 1.79 bits per heavy atom. The molecule has 0 radical (unpaired) electrons. The van der Waals surface area contributed by atoms with Crippen LogP contribution in [-0.2, 0) is 34.0 Å². The fraction of sp³-hybridized carbons (Fsp3) is 0.471. The molecule has 0 spiro atoms. The Morgan fingerprint density at radius 3 is 2.29 bits per heavy atom. The third-order valence-electron chi connectivity index (χ3n) is 3.56. The van der Waals surface area contributed by atoms with Gasteiger partial charge in [-0.1, -0.05) is 19.6 Å². The lowest BCUT2D eigenvalue weighted by Crippen LogP contribution is -2.29. The average Bonchev–Trinajstić information content (AvgIpc) is 2.56. The van der Waals surface area contributed by atoms with Crippen LogP contribution in [0.1, 0.15) is 27.7 Å². The maximum absolute atomic E-state index is 12.1. The summed E-state index contributed by atoms with van der Waals surface area (Å²) in [6.07, 6.45) is -1.14. The summed E-state index contributed by atoms with van der Waals surface area (Å²) in [4.78, 5) is 34.9. The van der Waals surface area contributed by atoms with Gasteiger partial charge in [0.15, 0.2) is 6.10 Å². The van der Waals surface area contributed by atoms with Gasteiger partial charge in [0.2, 0.25) is 5.91 Å². The first kappa shape index (κ1) is 27.8. The monoisotopic (exact) mass is 423 g/mol. The number of hydrogen-bond donors (Lipinski definition) is 2. The maximum atomic E-state index is 12.1. The molecule has 160 valence electrons. The second kappa shape index (κ2) is 12.2. The van der Waals surface area contributed by atoms with Crippen LogP contribution in [0.5, 0.6) is 0 Å². The van der Waals surface area contributed by atoms with Gasteiger partial charge in [-0.05, 0) is 26.0 Å². The van der Waals surface area contributed by atoms with Crippen molar-refractivity contribution in [2.45, 2.75) is 38.7 Å². The first-order valence-corrected chi connectivity index (χ1v) is 9.06. The molecule has 28 heavy (non-hydrogen) atoms. The Hall–Kier alpha value is -2.37. The molecule has 1 amide bonds. The topological polar surface area (TPSA) is 136 Å². The van der Waals surface area contributed by atoms with E-state index in [2.05, 4.69) is 5.32 Å². The predicted molar refractivity (Wildman–Crippen MR) is 100 cm³/mol. The zero-order valence-electron chi connectivity index (χ0n) is 15.0. The lowest BCUT2D eigenvalue weighted by Gasteiger charge is -2.16. The number of ether oxygens (including phenoxy) is 2. The molecule has 0 aromatic heterocycles. The van der Waals surface area contributed by atoms with Crippen LogP contribution >= 0.6 is 0 Å². The molecule has 9 nitrogen and oxygen atoms in total. The number of halogens is 1. The van der Waals surface area contributed by atoms with E-state index in [1.807, 2.05) is 0 Å². The highest BCUT2D eigenvalue weighted by Gasteiger charge is 2.24. The van der Waals surface area contributed by atoms with Gasteiger partial charge >= 0.3 is 5.97 Å². The van der Waals surface area contributed by atoms with Gasteiger partial charge in [0.1, 0.15) is 17.3 Å². The van der Waals surface area contributed by atoms with Crippen molar-refractivity contribution < 1.29 is 41.5 Å². The van der Waals surface area contributed by atoms with Crippen LogP contribution in [-0.4, -0.2) is 50.5 Å². The molecule has 1 aromatic carbocycles. The number of hydrogen-bond acceptors (Lipinski definition) is 7. The van der Waals surface area contributed by atoms with Crippen molar-refractivity contribution in [1.29, 1.82) is 0 Å². The van der Waals surface area contributed by atoms with Crippen LogP contribution in [0.3, 0.4) is 0 Å².